The van der Waals surface area contributed by atoms with Gasteiger partial charge in [0.05, 0.1) is 10.6 Å². The first-order valence-electron chi connectivity index (χ1n) is 9.54. The first kappa shape index (κ1) is 19.1. The van der Waals surface area contributed by atoms with E-state index in [1.807, 2.05) is 54.0 Å². The van der Waals surface area contributed by atoms with Gasteiger partial charge in [-0.25, -0.2) is 4.68 Å². The molecular weight excluding hydrogens is 386 g/mol. The molecule has 7 nitrogen and oxygen atoms in total. The number of unbranched alkanes of at least 4 members (excludes halogenated alkanes) is 2. The summed E-state index contributed by atoms with van der Waals surface area (Å²) in [6.07, 6.45) is 7.17. The summed E-state index contributed by atoms with van der Waals surface area (Å²) in [6.45, 7) is 0.643. The van der Waals surface area contributed by atoms with Crippen LogP contribution in [0.15, 0.2) is 64.8 Å². The molecule has 0 radical (unpaired) electrons. The average molecular weight is 407 g/mol. The van der Waals surface area contributed by atoms with Crippen LogP contribution in [0, 0.1) is 0 Å². The van der Waals surface area contributed by atoms with Gasteiger partial charge in [-0.2, -0.15) is 10.1 Å². The standard InChI is InChI=1S/C21H21N5O2S/c27-21(16-8-10-17(11-9-16)26-14-5-13-23-26)22-12-3-1-2-7-19-24-20(25-28-19)18-6-4-15-29-18/h4-6,8-11,13-15H,1-3,7,12H2,(H,22,27). The first-order chi connectivity index (χ1) is 14.3. The van der Waals surface area contributed by atoms with Crippen molar-refractivity contribution >= 4 is 17.2 Å². The Bertz CT molecular complexity index is 1020. The van der Waals surface area contributed by atoms with E-state index in [0.29, 0.717) is 23.8 Å². The number of nitrogens with zero attached hydrogens (tertiary/aromatic N) is 4. The monoisotopic (exact) mass is 407 g/mol. The molecule has 4 aromatic rings. The van der Waals surface area contributed by atoms with Crippen molar-refractivity contribution in [2.45, 2.75) is 25.7 Å². The van der Waals surface area contributed by atoms with Crippen molar-refractivity contribution in [2.75, 3.05) is 6.54 Å². The van der Waals surface area contributed by atoms with Crippen LogP contribution in [0.25, 0.3) is 16.4 Å². The highest BCUT2D eigenvalue weighted by atomic mass is 32.1. The summed E-state index contributed by atoms with van der Waals surface area (Å²) in [5, 5.41) is 13.1. The molecule has 0 saturated carbocycles. The summed E-state index contributed by atoms with van der Waals surface area (Å²) in [7, 11) is 0. The molecule has 0 saturated heterocycles. The van der Waals surface area contributed by atoms with E-state index < -0.39 is 0 Å². The van der Waals surface area contributed by atoms with E-state index in [9.17, 15) is 4.79 Å². The lowest BCUT2D eigenvalue weighted by Gasteiger charge is -2.06. The van der Waals surface area contributed by atoms with Gasteiger partial charge < -0.3 is 9.84 Å². The van der Waals surface area contributed by atoms with Gasteiger partial charge in [-0.05, 0) is 54.6 Å². The lowest BCUT2D eigenvalue weighted by molar-refractivity contribution is 0.0953. The van der Waals surface area contributed by atoms with Gasteiger partial charge in [-0.1, -0.05) is 17.6 Å². The quantitative estimate of drug-likeness (QED) is 0.422. The Morgan fingerprint density at radius 1 is 1.10 bits per heavy atom. The molecule has 1 N–H and O–H groups in total. The van der Waals surface area contributed by atoms with Crippen LogP contribution in [0.5, 0.6) is 0 Å². The largest absolute Gasteiger partial charge is 0.352 e. The predicted octanol–water partition coefficient (Wildman–Crippen LogP) is 4.13. The molecule has 3 heterocycles. The minimum atomic E-state index is -0.0606. The second-order valence-electron chi connectivity index (χ2n) is 6.55. The molecule has 0 bridgehead atoms. The number of carbonyl (C=O) groups excluding carboxylic acids is 1. The van der Waals surface area contributed by atoms with Crippen LogP contribution in [0.3, 0.4) is 0 Å². The lowest BCUT2D eigenvalue weighted by atomic mass is 10.1. The maximum absolute atomic E-state index is 12.2. The topological polar surface area (TPSA) is 85.8 Å². The molecule has 1 aromatic carbocycles. The normalized spacial score (nSPS) is 10.9. The van der Waals surface area contributed by atoms with Crippen LogP contribution in [0.2, 0.25) is 0 Å². The van der Waals surface area contributed by atoms with Gasteiger partial charge in [-0.15, -0.1) is 11.3 Å². The molecule has 0 unspecified atom stereocenters. The zero-order valence-electron chi connectivity index (χ0n) is 15.8. The molecule has 3 aromatic heterocycles. The summed E-state index contributed by atoms with van der Waals surface area (Å²) in [5.41, 5.74) is 1.57. The van der Waals surface area contributed by atoms with E-state index in [-0.39, 0.29) is 5.91 Å². The Kier molecular flexibility index (Phi) is 6.11. The summed E-state index contributed by atoms with van der Waals surface area (Å²) in [4.78, 5) is 17.7. The highest BCUT2D eigenvalue weighted by Gasteiger charge is 2.09. The van der Waals surface area contributed by atoms with Gasteiger partial charge >= 0.3 is 0 Å². The number of amides is 1. The third kappa shape index (κ3) is 4.97. The minimum absolute atomic E-state index is 0.0606. The maximum Gasteiger partial charge on any atom is 0.251 e. The number of aryl methyl sites for hydroxylation is 1. The SMILES string of the molecule is O=C(NCCCCCc1nc(-c2cccs2)no1)c1ccc(-n2cccn2)cc1. The zero-order valence-corrected chi connectivity index (χ0v) is 16.6. The van der Waals surface area contributed by atoms with Gasteiger partial charge in [0.15, 0.2) is 0 Å². The molecule has 0 spiro atoms. The molecule has 0 aliphatic heterocycles. The number of rotatable bonds is 9. The van der Waals surface area contributed by atoms with Crippen molar-refractivity contribution < 1.29 is 9.32 Å². The van der Waals surface area contributed by atoms with Crippen molar-refractivity contribution in [1.29, 1.82) is 0 Å². The number of hydrogen-bond acceptors (Lipinski definition) is 6. The third-order valence-electron chi connectivity index (χ3n) is 4.46. The van der Waals surface area contributed by atoms with Crippen LogP contribution in [-0.4, -0.2) is 32.4 Å². The first-order valence-corrected chi connectivity index (χ1v) is 10.4. The Labute approximate surface area is 172 Å². The van der Waals surface area contributed by atoms with E-state index >= 15 is 0 Å². The van der Waals surface area contributed by atoms with E-state index in [1.54, 1.807) is 22.2 Å². The average Bonchev–Trinajstić information content (AvgIpc) is 3.52. The summed E-state index contributed by atoms with van der Waals surface area (Å²) in [5.74, 6) is 1.25. The molecule has 148 valence electrons. The third-order valence-corrected chi connectivity index (χ3v) is 5.33. The number of aromatic nitrogens is 4. The van der Waals surface area contributed by atoms with Gasteiger partial charge in [0.2, 0.25) is 11.7 Å². The van der Waals surface area contributed by atoms with E-state index in [0.717, 1.165) is 36.2 Å². The number of carbonyl (C=O) groups is 1. The van der Waals surface area contributed by atoms with Crippen molar-refractivity contribution in [3.05, 3.63) is 71.7 Å². The lowest BCUT2D eigenvalue weighted by Crippen LogP contribution is -2.24. The van der Waals surface area contributed by atoms with Crippen LogP contribution >= 0.6 is 11.3 Å². The van der Waals surface area contributed by atoms with E-state index in [1.165, 1.54) is 0 Å². The van der Waals surface area contributed by atoms with Crippen LogP contribution < -0.4 is 5.32 Å². The smallest absolute Gasteiger partial charge is 0.251 e. The van der Waals surface area contributed by atoms with Crippen molar-refractivity contribution in [2.24, 2.45) is 0 Å². The van der Waals surface area contributed by atoms with Gasteiger partial charge in [0.1, 0.15) is 0 Å². The molecule has 0 fully saturated rings. The van der Waals surface area contributed by atoms with Gasteiger partial charge in [0, 0.05) is 30.9 Å². The molecule has 4 rings (SSSR count). The van der Waals surface area contributed by atoms with Crippen LogP contribution in [0.4, 0.5) is 0 Å². The second kappa shape index (κ2) is 9.29. The fourth-order valence-electron chi connectivity index (χ4n) is 2.93. The summed E-state index contributed by atoms with van der Waals surface area (Å²) < 4.78 is 7.06. The Balaban J connectivity index is 1.15. The fraction of sp³-hybridized carbons (Fsp3) is 0.238. The predicted molar refractivity (Wildman–Crippen MR) is 111 cm³/mol. The van der Waals surface area contributed by atoms with E-state index in [4.69, 9.17) is 4.52 Å². The van der Waals surface area contributed by atoms with Gasteiger partial charge in [0.25, 0.3) is 5.91 Å². The van der Waals surface area contributed by atoms with Crippen molar-refractivity contribution in [1.82, 2.24) is 25.2 Å². The number of nitrogens with one attached hydrogen (secondary N) is 1. The number of thiophene rings is 1. The van der Waals surface area contributed by atoms with E-state index in [2.05, 4.69) is 20.6 Å². The zero-order chi connectivity index (χ0) is 19.9. The van der Waals surface area contributed by atoms with Crippen molar-refractivity contribution in [3.8, 4) is 16.4 Å². The highest BCUT2D eigenvalue weighted by Crippen LogP contribution is 2.21. The molecule has 29 heavy (non-hydrogen) atoms. The minimum Gasteiger partial charge on any atom is -0.352 e. The number of hydrogen-bond donors (Lipinski definition) is 1. The molecular formula is C21H21N5O2S. The molecule has 0 atom stereocenters. The molecule has 1 amide bonds. The fourth-order valence-corrected chi connectivity index (χ4v) is 3.58. The second-order valence-corrected chi connectivity index (χ2v) is 7.50. The highest BCUT2D eigenvalue weighted by molar-refractivity contribution is 7.13. The molecule has 0 aliphatic rings. The molecule has 8 heteroatoms. The summed E-state index contributed by atoms with van der Waals surface area (Å²) >= 11 is 1.60. The van der Waals surface area contributed by atoms with Crippen LogP contribution in [-0.2, 0) is 6.42 Å². The Morgan fingerprint density at radius 2 is 2.00 bits per heavy atom. The molecule has 0 aliphatic carbocycles. The Morgan fingerprint density at radius 3 is 2.76 bits per heavy atom. The maximum atomic E-state index is 12.2. The van der Waals surface area contributed by atoms with Crippen LogP contribution in [0.1, 0.15) is 35.5 Å². The number of benzene rings is 1. The Hall–Kier alpha value is -3.26. The van der Waals surface area contributed by atoms with Gasteiger partial charge in [-0.3, -0.25) is 4.79 Å². The van der Waals surface area contributed by atoms with Crippen molar-refractivity contribution in [3.63, 3.8) is 0 Å². The summed E-state index contributed by atoms with van der Waals surface area (Å²) in [6, 6.07) is 13.2.